The maximum Gasteiger partial charge on any atom is 0.214 e. The molecule has 24 heavy (non-hydrogen) atoms. The van der Waals surface area contributed by atoms with E-state index >= 15 is 0 Å². The molecule has 0 bridgehead atoms. The minimum atomic E-state index is 0.465. The van der Waals surface area contributed by atoms with Gasteiger partial charge in [0.1, 0.15) is 11.9 Å². The van der Waals surface area contributed by atoms with Crippen molar-refractivity contribution in [3.05, 3.63) is 47.8 Å². The van der Waals surface area contributed by atoms with Gasteiger partial charge in [-0.05, 0) is 37.0 Å². The van der Waals surface area contributed by atoms with Gasteiger partial charge in [0.2, 0.25) is 5.88 Å². The van der Waals surface area contributed by atoms with Crippen LogP contribution >= 0.6 is 0 Å². The fourth-order valence-electron chi connectivity index (χ4n) is 2.73. The summed E-state index contributed by atoms with van der Waals surface area (Å²) in [5.41, 5.74) is 1.14. The van der Waals surface area contributed by atoms with Crippen molar-refractivity contribution in [2.75, 3.05) is 24.6 Å². The molecule has 0 radical (unpaired) electrons. The monoisotopic (exact) mass is 319 g/mol. The summed E-state index contributed by atoms with van der Waals surface area (Å²) in [7, 11) is 0. The van der Waals surface area contributed by atoms with Crippen molar-refractivity contribution in [2.45, 2.75) is 12.8 Å². The lowest BCUT2D eigenvalue weighted by Crippen LogP contribution is -2.36. The van der Waals surface area contributed by atoms with E-state index in [1.54, 1.807) is 30.6 Å². The lowest BCUT2D eigenvalue weighted by atomic mass is 9.98. The maximum absolute atomic E-state index is 8.89. The molecule has 2 aromatic heterocycles. The van der Waals surface area contributed by atoms with E-state index in [0.29, 0.717) is 29.5 Å². The zero-order chi connectivity index (χ0) is 16.8. The number of anilines is 1. The van der Waals surface area contributed by atoms with Gasteiger partial charge in [0.25, 0.3) is 0 Å². The molecule has 0 aliphatic carbocycles. The fourth-order valence-corrected chi connectivity index (χ4v) is 2.73. The average Bonchev–Trinajstić information content (AvgIpc) is 2.67. The van der Waals surface area contributed by atoms with Crippen LogP contribution in [0, 0.1) is 28.6 Å². The van der Waals surface area contributed by atoms with E-state index in [2.05, 4.69) is 27.0 Å². The molecular formula is C18H17N5O. The first-order chi connectivity index (χ1) is 11.8. The average molecular weight is 319 g/mol. The van der Waals surface area contributed by atoms with Gasteiger partial charge in [0.05, 0.1) is 23.8 Å². The molecule has 0 spiro atoms. The number of nitriles is 2. The molecule has 3 rings (SSSR count). The molecule has 0 N–H and O–H groups in total. The van der Waals surface area contributed by atoms with E-state index in [1.807, 2.05) is 6.07 Å². The fraction of sp³-hybridized carbons (Fsp3) is 0.333. The van der Waals surface area contributed by atoms with E-state index in [0.717, 1.165) is 31.7 Å². The lowest BCUT2D eigenvalue weighted by molar-refractivity contribution is 0.216. The van der Waals surface area contributed by atoms with Gasteiger partial charge in [0.15, 0.2) is 0 Å². The van der Waals surface area contributed by atoms with Crippen LogP contribution in [0.2, 0.25) is 0 Å². The number of hydrogen-bond acceptors (Lipinski definition) is 6. The van der Waals surface area contributed by atoms with Gasteiger partial charge in [-0.25, -0.2) is 9.97 Å². The Morgan fingerprint density at radius 1 is 1.08 bits per heavy atom. The SMILES string of the molecule is N#Cc1ccc(N2CCC(COc3cc(C#N)ccn3)CC2)nc1. The van der Waals surface area contributed by atoms with E-state index in [9.17, 15) is 0 Å². The molecule has 6 heteroatoms. The van der Waals surface area contributed by atoms with Crippen LogP contribution in [0.5, 0.6) is 5.88 Å². The molecule has 0 aromatic carbocycles. The van der Waals surface area contributed by atoms with Crippen LogP contribution in [-0.2, 0) is 0 Å². The summed E-state index contributed by atoms with van der Waals surface area (Å²) < 4.78 is 5.73. The van der Waals surface area contributed by atoms with Crippen LogP contribution in [-0.4, -0.2) is 29.7 Å². The Hall–Kier alpha value is -3.12. The van der Waals surface area contributed by atoms with Crippen molar-refractivity contribution in [3.63, 3.8) is 0 Å². The minimum Gasteiger partial charge on any atom is -0.477 e. The van der Waals surface area contributed by atoms with Crippen molar-refractivity contribution in [1.82, 2.24) is 9.97 Å². The second-order valence-corrected chi connectivity index (χ2v) is 5.75. The van der Waals surface area contributed by atoms with Crippen molar-refractivity contribution in [2.24, 2.45) is 5.92 Å². The van der Waals surface area contributed by atoms with Crippen molar-refractivity contribution < 1.29 is 4.74 Å². The summed E-state index contributed by atoms with van der Waals surface area (Å²) >= 11 is 0. The highest BCUT2D eigenvalue weighted by Crippen LogP contribution is 2.22. The smallest absolute Gasteiger partial charge is 0.214 e. The van der Waals surface area contributed by atoms with Gasteiger partial charge in [-0.3, -0.25) is 0 Å². The zero-order valence-electron chi connectivity index (χ0n) is 13.2. The molecule has 2 aromatic rings. The van der Waals surface area contributed by atoms with E-state index in [-0.39, 0.29) is 0 Å². The summed E-state index contributed by atoms with van der Waals surface area (Å²) in [4.78, 5) is 10.7. The quantitative estimate of drug-likeness (QED) is 0.860. The van der Waals surface area contributed by atoms with Crippen LogP contribution < -0.4 is 9.64 Å². The van der Waals surface area contributed by atoms with Crippen molar-refractivity contribution >= 4 is 5.82 Å². The predicted octanol–water partition coefficient (Wildman–Crippen LogP) is 2.52. The molecule has 1 aliphatic rings. The van der Waals surface area contributed by atoms with Gasteiger partial charge in [-0.15, -0.1) is 0 Å². The van der Waals surface area contributed by atoms with Crippen LogP contribution in [0.15, 0.2) is 36.7 Å². The second kappa shape index (κ2) is 7.43. The molecule has 1 saturated heterocycles. The molecule has 1 fully saturated rings. The first-order valence-corrected chi connectivity index (χ1v) is 7.88. The van der Waals surface area contributed by atoms with E-state index < -0.39 is 0 Å². The second-order valence-electron chi connectivity index (χ2n) is 5.75. The Balaban J connectivity index is 1.50. The highest BCUT2D eigenvalue weighted by Gasteiger charge is 2.20. The first-order valence-electron chi connectivity index (χ1n) is 7.88. The Kier molecular flexibility index (Phi) is 4.88. The van der Waals surface area contributed by atoms with Gasteiger partial charge in [-0.2, -0.15) is 10.5 Å². The van der Waals surface area contributed by atoms with Crippen molar-refractivity contribution in [3.8, 4) is 18.0 Å². The van der Waals surface area contributed by atoms with E-state index in [1.165, 1.54) is 0 Å². The molecule has 6 nitrogen and oxygen atoms in total. The number of nitrogens with zero attached hydrogens (tertiary/aromatic N) is 5. The highest BCUT2D eigenvalue weighted by atomic mass is 16.5. The van der Waals surface area contributed by atoms with E-state index in [4.69, 9.17) is 15.3 Å². The van der Waals surface area contributed by atoms with Gasteiger partial charge in [0, 0.05) is 31.5 Å². The Labute approximate surface area is 141 Å². The number of aromatic nitrogens is 2. The molecule has 0 amide bonds. The predicted molar refractivity (Wildman–Crippen MR) is 88.3 cm³/mol. The summed E-state index contributed by atoms with van der Waals surface area (Å²) in [6, 6.07) is 11.2. The minimum absolute atomic E-state index is 0.465. The summed E-state index contributed by atoms with van der Waals surface area (Å²) in [6.45, 7) is 2.44. The Morgan fingerprint density at radius 3 is 2.54 bits per heavy atom. The number of rotatable bonds is 4. The standard InChI is InChI=1S/C18H17N5O/c19-10-15-3-6-21-18(9-15)24-13-14-4-7-23(8-5-14)17-2-1-16(11-20)12-22-17/h1-3,6,9,12,14H,4-5,7-8,13H2. The third-order valence-electron chi connectivity index (χ3n) is 4.15. The number of ether oxygens (including phenoxy) is 1. The highest BCUT2D eigenvalue weighted by molar-refractivity contribution is 5.42. The lowest BCUT2D eigenvalue weighted by Gasteiger charge is -2.32. The zero-order valence-corrected chi connectivity index (χ0v) is 13.2. The Morgan fingerprint density at radius 2 is 1.88 bits per heavy atom. The third kappa shape index (κ3) is 3.80. The number of piperidine rings is 1. The largest absolute Gasteiger partial charge is 0.477 e. The van der Waals surface area contributed by atoms with Crippen LogP contribution in [0.25, 0.3) is 0 Å². The van der Waals surface area contributed by atoms with Crippen molar-refractivity contribution in [1.29, 1.82) is 10.5 Å². The van der Waals surface area contributed by atoms with Gasteiger partial charge < -0.3 is 9.64 Å². The number of pyridine rings is 2. The van der Waals surface area contributed by atoms with Crippen LogP contribution in [0.3, 0.4) is 0 Å². The molecule has 0 unspecified atom stereocenters. The topological polar surface area (TPSA) is 85.8 Å². The molecule has 120 valence electrons. The van der Waals surface area contributed by atoms with Gasteiger partial charge >= 0.3 is 0 Å². The molecule has 0 atom stereocenters. The maximum atomic E-state index is 8.89. The van der Waals surface area contributed by atoms with Gasteiger partial charge in [-0.1, -0.05) is 0 Å². The van der Waals surface area contributed by atoms with Crippen LogP contribution in [0.1, 0.15) is 24.0 Å². The van der Waals surface area contributed by atoms with Crippen LogP contribution in [0.4, 0.5) is 5.82 Å². The molecule has 1 aliphatic heterocycles. The third-order valence-corrected chi connectivity index (χ3v) is 4.15. The summed E-state index contributed by atoms with van der Waals surface area (Å²) in [5, 5.41) is 17.7. The molecule has 3 heterocycles. The Bertz CT molecular complexity index is 767. The molecular weight excluding hydrogens is 302 g/mol. The first kappa shape index (κ1) is 15.8. The number of hydrogen-bond donors (Lipinski definition) is 0. The normalized spacial score (nSPS) is 14.7. The summed E-state index contributed by atoms with van der Waals surface area (Å²) in [5.74, 6) is 1.88. The molecule has 0 saturated carbocycles. The summed E-state index contributed by atoms with van der Waals surface area (Å²) in [6.07, 6.45) is 5.23.